The Kier molecular flexibility index (Phi) is 2.94. The molecule has 0 unspecified atom stereocenters. The summed E-state index contributed by atoms with van der Waals surface area (Å²) in [6.45, 7) is 0. The van der Waals surface area contributed by atoms with Gasteiger partial charge in [-0.05, 0) is 12.8 Å². The van der Waals surface area contributed by atoms with E-state index in [0.29, 0.717) is 6.42 Å². The molecule has 1 saturated carbocycles. The number of aryl methyl sites for hydroxylation is 1. The fourth-order valence-corrected chi connectivity index (χ4v) is 2.52. The molecule has 1 aromatic rings. The summed E-state index contributed by atoms with van der Waals surface area (Å²) in [4.78, 5) is 11.4. The van der Waals surface area contributed by atoms with E-state index in [9.17, 15) is 9.90 Å². The molecule has 0 bridgehead atoms. The van der Waals surface area contributed by atoms with Gasteiger partial charge in [-0.25, -0.2) is 0 Å². The highest BCUT2D eigenvalue weighted by Crippen LogP contribution is 2.39. The SMILES string of the molecule is Cn1cc(CC2(C(=O)O)CCCCC2)nn1. The third-order valence-electron chi connectivity index (χ3n) is 3.43. The van der Waals surface area contributed by atoms with Crippen molar-refractivity contribution in [1.82, 2.24) is 15.0 Å². The molecule has 1 aliphatic carbocycles. The van der Waals surface area contributed by atoms with Gasteiger partial charge < -0.3 is 5.11 Å². The third-order valence-corrected chi connectivity index (χ3v) is 3.43. The van der Waals surface area contributed by atoms with Crippen LogP contribution in [0.4, 0.5) is 0 Å². The zero-order valence-electron chi connectivity index (χ0n) is 9.52. The van der Waals surface area contributed by atoms with Crippen LogP contribution < -0.4 is 0 Å². The molecule has 5 heteroatoms. The van der Waals surface area contributed by atoms with Crippen LogP contribution in [0.2, 0.25) is 0 Å². The minimum Gasteiger partial charge on any atom is -0.481 e. The molecule has 88 valence electrons. The van der Waals surface area contributed by atoms with Crippen LogP contribution in [0.3, 0.4) is 0 Å². The largest absolute Gasteiger partial charge is 0.481 e. The van der Waals surface area contributed by atoms with Crippen molar-refractivity contribution < 1.29 is 9.90 Å². The molecule has 0 amide bonds. The van der Waals surface area contributed by atoms with Gasteiger partial charge in [0.15, 0.2) is 0 Å². The van der Waals surface area contributed by atoms with E-state index in [1.807, 2.05) is 0 Å². The molecule has 1 heterocycles. The molecule has 0 atom stereocenters. The Labute approximate surface area is 94.5 Å². The summed E-state index contributed by atoms with van der Waals surface area (Å²) in [6.07, 6.45) is 7.00. The highest BCUT2D eigenvalue weighted by molar-refractivity contribution is 5.75. The average Bonchev–Trinajstić information content (AvgIpc) is 2.65. The second-order valence-electron chi connectivity index (χ2n) is 4.71. The maximum absolute atomic E-state index is 11.4. The number of carboxylic acid groups (broad SMARTS) is 1. The first-order valence-corrected chi connectivity index (χ1v) is 5.71. The first-order chi connectivity index (χ1) is 7.62. The lowest BCUT2D eigenvalue weighted by molar-refractivity contribution is -0.151. The summed E-state index contributed by atoms with van der Waals surface area (Å²) >= 11 is 0. The van der Waals surface area contributed by atoms with Gasteiger partial charge in [0.2, 0.25) is 0 Å². The smallest absolute Gasteiger partial charge is 0.310 e. The number of aromatic nitrogens is 3. The lowest BCUT2D eigenvalue weighted by Crippen LogP contribution is -2.35. The number of nitrogens with zero attached hydrogens (tertiary/aromatic N) is 3. The van der Waals surface area contributed by atoms with E-state index in [4.69, 9.17) is 0 Å². The Hall–Kier alpha value is -1.39. The molecule has 5 nitrogen and oxygen atoms in total. The van der Waals surface area contributed by atoms with E-state index in [2.05, 4.69) is 10.3 Å². The van der Waals surface area contributed by atoms with Crippen molar-refractivity contribution in [3.05, 3.63) is 11.9 Å². The normalized spacial score (nSPS) is 19.6. The van der Waals surface area contributed by atoms with Gasteiger partial charge >= 0.3 is 5.97 Å². The predicted molar refractivity (Wildman–Crippen MR) is 57.9 cm³/mol. The summed E-state index contributed by atoms with van der Waals surface area (Å²) in [7, 11) is 1.80. The summed E-state index contributed by atoms with van der Waals surface area (Å²) in [5, 5.41) is 17.2. The van der Waals surface area contributed by atoms with Gasteiger partial charge in [0.25, 0.3) is 0 Å². The fourth-order valence-electron chi connectivity index (χ4n) is 2.52. The Bertz CT molecular complexity index is 380. The monoisotopic (exact) mass is 223 g/mol. The number of aliphatic carboxylic acids is 1. The van der Waals surface area contributed by atoms with Gasteiger partial charge in [-0.2, -0.15) is 0 Å². The van der Waals surface area contributed by atoms with Crippen molar-refractivity contribution in [2.75, 3.05) is 0 Å². The van der Waals surface area contributed by atoms with Crippen LogP contribution in [0.5, 0.6) is 0 Å². The minimum absolute atomic E-state index is 0.510. The first kappa shape index (κ1) is 11.1. The number of carboxylic acids is 1. The minimum atomic E-state index is -0.683. The van der Waals surface area contributed by atoms with Crippen LogP contribution in [0.15, 0.2) is 6.20 Å². The molecule has 0 radical (unpaired) electrons. The maximum atomic E-state index is 11.4. The standard InChI is InChI=1S/C11H17N3O2/c1-14-8-9(12-13-14)7-11(10(15)16)5-3-2-4-6-11/h8H,2-7H2,1H3,(H,15,16). The quantitative estimate of drug-likeness (QED) is 0.840. The molecule has 16 heavy (non-hydrogen) atoms. The van der Waals surface area contributed by atoms with Crippen LogP contribution >= 0.6 is 0 Å². The van der Waals surface area contributed by atoms with Gasteiger partial charge in [-0.1, -0.05) is 24.5 Å². The number of hydrogen-bond acceptors (Lipinski definition) is 3. The van der Waals surface area contributed by atoms with Crippen LogP contribution in [-0.4, -0.2) is 26.1 Å². The van der Waals surface area contributed by atoms with Gasteiger partial charge in [-0.15, -0.1) is 5.10 Å². The van der Waals surface area contributed by atoms with E-state index < -0.39 is 11.4 Å². The fraction of sp³-hybridized carbons (Fsp3) is 0.727. The number of rotatable bonds is 3. The molecular weight excluding hydrogens is 206 g/mol. The molecular formula is C11H17N3O2. The van der Waals surface area contributed by atoms with Crippen molar-refractivity contribution in [3.63, 3.8) is 0 Å². The predicted octanol–water partition coefficient (Wildman–Crippen LogP) is 1.39. The Morgan fingerprint density at radius 2 is 2.19 bits per heavy atom. The molecule has 1 aliphatic rings. The highest BCUT2D eigenvalue weighted by atomic mass is 16.4. The van der Waals surface area contributed by atoms with Crippen molar-refractivity contribution in [2.45, 2.75) is 38.5 Å². The van der Waals surface area contributed by atoms with E-state index in [1.54, 1.807) is 17.9 Å². The zero-order chi connectivity index (χ0) is 11.6. The second-order valence-corrected chi connectivity index (χ2v) is 4.71. The van der Waals surface area contributed by atoms with Crippen LogP contribution in [0.25, 0.3) is 0 Å². The lowest BCUT2D eigenvalue weighted by atomic mass is 9.71. The van der Waals surface area contributed by atoms with Crippen molar-refractivity contribution in [1.29, 1.82) is 0 Å². The zero-order valence-corrected chi connectivity index (χ0v) is 9.52. The van der Waals surface area contributed by atoms with Crippen LogP contribution in [0.1, 0.15) is 37.8 Å². The average molecular weight is 223 g/mol. The van der Waals surface area contributed by atoms with Gasteiger partial charge in [-0.3, -0.25) is 9.48 Å². The Balaban J connectivity index is 2.16. The Morgan fingerprint density at radius 3 is 2.69 bits per heavy atom. The lowest BCUT2D eigenvalue weighted by Gasteiger charge is -2.32. The van der Waals surface area contributed by atoms with E-state index in [-0.39, 0.29) is 0 Å². The van der Waals surface area contributed by atoms with E-state index in [0.717, 1.165) is 37.8 Å². The third kappa shape index (κ3) is 2.08. The summed E-state index contributed by atoms with van der Waals surface area (Å²) < 4.78 is 1.62. The molecule has 1 fully saturated rings. The van der Waals surface area contributed by atoms with E-state index in [1.165, 1.54) is 0 Å². The molecule has 0 spiro atoms. The highest BCUT2D eigenvalue weighted by Gasteiger charge is 2.40. The molecule has 1 N–H and O–H groups in total. The van der Waals surface area contributed by atoms with Crippen molar-refractivity contribution in [3.8, 4) is 0 Å². The summed E-state index contributed by atoms with van der Waals surface area (Å²) in [5.41, 5.74) is 0.181. The summed E-state index contributed by atoms with van der Waals surface area (Å²) in [6, 6.07) is 0. The van der Waals surface area contributed by atoms with Gasteiger partial charge in [0.05, 0.1) is 11.1 Å². The summed E-state index contributed by atoms with van der Waals surface area (Å²) in [5.74, 6) is -0.683. The van der Waals surface area contributed by atoms with Crippen LogP contribution in [-0.2, 0) is 18.3 Å². The first-order valence-electron chi connectivity index (χ1n) is 5.71. The second kappa shape index (κ2) is 4.23. The Morgan fingerprint density at radius 1 is 1.50 bits per heavy atom. The molecule has 0 aromatic carbocycles. The van der Waals surface area contributed by atoms with Gasteiger partial charge in [0, 0.05) is 19.7 Å². The molecule has 2 rings (SSSR count). The van der Waals surface area contributed by atoms with Crippen molar-refractivity contribution >= 4 is 5.97 Å². The van der Waals surface area contributed by atoms with Crippen LogP contribution in [0, 0.1) is 5.41 Å². The molecule has 1 aromatic heterocycles. The maximum Gasteiger partial charge on any atom is 0.310 e. The number of hydrogen-bond donors (Lipinski definition) is 1. The molecule has 0 saturated heterocycles. The number of carbonyl (C=O) groups is 1. The topological polar surface area (TPSA) is 68.0 Å². The van der Waals surface area contributed by atoms with Gasteiger partial charge in [0.1, 0.15) is 0 Å². The molecule has 0 aliphatic heterocycles. The van der Waals surface area contributed by atoms with E-state index >= 15 is 0 Å². The van der Waals surface area contributed by atoms with Crippen molar-refractivity contribution in [2.24, 2.45) is 12.5 Å².